The highest BCUT2D eigenvalue weighted by molar-refractivity contribution is 6.22. The van der Waals surface area contributed by atoms with Crippen LogP contribution in [0.15, 0.2) is 36.4 Å². The van der Waals surface area contributed by atoms with E-state index in [0.29, 0.717) is 22.6 Å². The van der Waals surface area contributed by atoms with Crippen molar-refractivity contribution in [3.8, 4) is 0 Å². The molecule has 29 heavy (non-hydrogen) atoms. The van der Waals surface area contributed by atoms with Gasteiger partial charge in [0.05, 0.1) is 16.6 Å². The van der Waals surface area contributed by atoms with E-state index in [1.807, 2.05) is 12.1 Å². The summed E-state index contributed by atoms with van der Waals surface area (Å²) in [6.45, 7) is 2.75. The average molecular weight is 392 g/mol. The van der Waals surface area contributed by atoms with Gasteiger partial charge in [0.1, 0.15) is 5.82 Å². The fourth-order valence-corrected chi connectivity index (χ4v) is 4.54. The van der Waals surface area contributed by atoms with Crippen LogP contribution in [0.2, 0.25) is 0 Å². The number of hydrogen-bond donors (Lipinski definition) is 2. The molecule has 3 heterocycles. The molecule has 2 amide bonds. The van der Waals surface area contributed by atoms with E-state index in [1.54, 1.807) is 12.1 Å². The van der Waals surface area contributed by atoms with Crippen LogP contribution in [0.25, 0.3) is 10.9 Å². The number of imide groups is 1. The molecule has 1 saturated heterocycles. The zero-order valence-electron chi connectivity index (χ0n) is 15.9. The summed E-state index contributed by atoms with van der Waals surface area (Å²) in [5, 5.41) is 10.7. The summed E-state index contributed by atoms with van der Waals surface area (Å²) < 4.78 is 13.4. The number of fused-ring (bicyclic) bond motifs is 2. The van der Waals surface area contributed by atoms with E-state index >= 15 is 0 Å². The van der Waals surface area contributed by atoms with Crippen molar-refractivity contribution in [3.05, 3.63) is 64.6 Å². The van der Waals surface area contributed by atoms with Crippen LogP contribution in [0.1, 0.15) is 50.7 Å². The number of hydrogen-bond acceptors (Lipinski definition) is 4. The first-order chi connectivity index (χ1) is 14.1. The number of halogens is 1. The molecule has 3 aromatic rings. The number of likely N-dealkylation sites (tertiary alicyclic amines) is 1. The Bertz CT molecular complexity index is 1120. The van der Waals surface area contributed by atoms with Crippen molar-refractivity contribution in [1.29, 1.82) is 0 Å². The van der Waals surface area contributed by atoms with Crippen LogP contribution in [-0.4, -0.2) is 46.5 Å². The summed E-state index contributed by atoms with van der Waals surface area (Å²) in [6.07, 6.45) is 2.74. The molecule has 1 fully saturated rings. The Hall–Kier alpha value is -3.06. The summed E-state index contributed by atoms with van der Waals surface area (Å²) in [5.74, 6) is -0.486. The Labute approximate surface area is 167 Å². The van der Waals surface area contributed by atoms with E-state index < -0.39 is 0 Å². The van der Waals surface area contributed by atoms with E-state index in [-0.39, 0.29) is 17.6 Å². The molecule has 7 heteroatoms. The number of amides is 2. The van der Waals surface area contributed by atoms with Crippen LogP contribution in [0.5, 0.6) is 0 Å². The van der Waals surface area contributed by atoms with Crippen molar-refractivity contribution >= 4 is 22.7 Å². The van der Waals surface area contributed by atoms with E-state index in [0.717, 1.165) is 55.5 Å². The summed E-state index contributed by atoms with van der Waals surface area (Å²) in [6, 6.07) is 10.2. The van der Waals surface area contributed by atoms with Crippen molar-refractivity contribution < 1.29 is 14.0 Å². The van der Waals surface area contributed by atoms with Gasteiger partial charge in [0.15, 0.2) is 0 Å². The standard InChI is InChI=1S/C22H21FN4O2/c23-15-4-5-16-18(12-15)25-26-20(16)14-7-10-27(11-8-14)9-6-13-2-1-3-17-19(13)22(29)24-21(17)28/h1-5,12,14H,6-11H2,(H,25,26)(H,24,28,29). The minimum atomic E-state index is -0.306. The first-order valence-corrected chi connectivity index (χ1v) is 9.93. The SMILES string of the molecule is O=C1NC(=O)c2c(CCN3CCC(c4[nH]nc5cc(F)ccc45)CC3)cccc21. The third-order valence-corrected chi connectivity index (χ3v) is 6.09. The molecular weight excluding hydrogens is 371 g/mol. The molecule has 6 nitrogen and oxygen atoms in total. The van der Waals surface area contributed by atoms with Gasteiger partial charge in [-0.05, 0) is 56.1 Å². The highest BCUT2D eigenvalue weighted by Crippen LogP contribution is 2.32. The van der Waals surface area contributed by atoms with Crippen LogP contribution in [0.4, 0.5) is 4.39 Å². The van der Waals surface area contributed by atoms with Gasteiger partial charge in [-0.3, -0.25) is 20.0 Å². The average Bonchev–Trinajstić information content (AvgIpc) is 3.27. The fraction of sp³-hybridized carbons (Fsp3) is 0.318. The van der Waals surface area contributed by atoms with Crippen molar-refractivity contribution in [1.82, 2.24) is 20.4 Å². The molecule has 2 N–H and O–H groups in total. The number of nitrogens with one attached hydrogen (secondary N) is 2. The Kier molecular flexibility index (Phi) is 4.39. The lowest BCUT2D eigenvalue weighted by Gasteiger charge is -2.31. The van der Waals surface area contributed by atoms with Gasteiger partial charge >= 0.3 is 0 Å². The number of piperidine rings is 1. The number of benzene rings is 2. The van der Waals surface area contributed by atoms with Crippen molar-refractivity contribution in [2.24, 2.45) is 0 Å². The van der Waals surface area contributed by atoms with Gasteiger partial charge in [-0.15, -0.1) is 0 Å². The zero-order valence-corrected chi connectivity index (χ0v) is 15.9. The Morgan fingerprint density at radius 2 is 1.93 bits per heavy atom. The molecule has 148 valence electrons. The van der Waals surface area contributed by atoms with E-state index in [9.17, 15) is 14.0 Å². The van der Waals surface area contributed by atoms with E-state index in [2.05, 4.69) is 20.4 Å². The molecule has 2 aliphatic rings. The van der Waals surface area contributed by atoms with Crippen LogP contribution in [0.3, 0.4) is 0 Å². The quantitative estimate of drug-likeness (QED) is 0.669. The number of aromatic nitrogens is 2. The number of H-pyrrole nitrogens is 1. The maximum absolute atomic E-state index is 13.4. The molecule has 1 aromatic heterocycles. The molecule has 0 unspecified atom stereocenters. The molecule has 2 aromatic carbocycles. The number of aromatic amines is 1. The Morgan fingerprint density at radius 1 is 1.10 bits per heavy atom. The first-order valence-electron chi connectivity index (χ1n) is 9.93. The molecular formula is C22H21FN4O2. The smallest absolute Gasteiger partial charge is 0.259 e. The largest absolute Gasteiger partial charge is 0.303 e. The van der Waals surface area contributed by atoms with Gasteiger partial charge < -0.3 is 4.90 Å². The van der Waals surface area contributed by atoms with Crippen LogP contribution >= 0.6 is 0 Å². The normalized spacial score (nSPS) is 17.7. The lowest BCUT2D eigenvalue weighted by atomic mass is 9.91. The van der Waals surface area contributed by atoms with Gasteiger partial charge in [0.2, 0.25) is 0 Å². The minimum absolute atomic E-state index is 0.270. The molecule has 2 aliphatic heterocycles. The zero-order chi connectivity index (χ0) is 20.0. The lowest BCUT2D eigenvalue weighted by Crippen LogP contribution is -2.34. The maximum atomic E-state index is 13.4. The van der Waals surface area contributed by atoms with Gasteiger partial charge in [-0.2, -0.15) is 5.10 Å². The second-order valence-corrected chi connectivity index (χ2v) is 7.79. The predicted octanol–water partition coefficient (Wildman–Crippen LogP) is 3.01. The topological polar surface area (TPSA) is 78.1 Å². The van der Waals surface area contributed by atoms with Crippen molar-refractivity contribution in [2.75, 3.05) is 19.6 Å². The molecule has 5 rings (SSSR count). The van der Waals surface area contributed by atoms with Crippen LogP contribution < -0.4 is 5.32 Å². The van der Waals surface area contributed by atoms with Crippen LogP contribution in [-0.2, 0) is 6.42 Å². The molecule has 0 radical (unpaired) electrons. The molecule has 0 spiro atoms. The van der Waals surface area contributed by atoms with Gasteiger partial charge in [0.25, 0.3) is 11.8 Å². The molecule has 0 aliphatic carbocycles. The predicted molar refractivity (Wildman–Crippen MR) is 106 cm³/mol. The molecule has 0 saturated carbocycles. The third-order valence-electron chi connectivity index (χ3n) is 6.09. The summed E-state index contributed by atoms with van der Waals surface area (Å²) >= 11 is 0. The van der Waals surface area contributed by atoms with E-state index in [4.69, 9.17) is 0 Å². The van der Waals surface area contributed by atoms with Crippen molar-refractivity contribution in [2.45, 2.75) is 25.2 Å². The number of nitrogens with zero attached hydrogens (tertiary/aromatic N) is 2. The second-order valence-electron chi connectivity index (χ2n) is 7.79. The highest BCUT2D eigenvalue weighted by atomic mass is 19.1. The second kappa shape index (κ2) is 7.08. The van der Waals surface area contributed by atoms with Crippen LogP contribution in [0, 0.1) is 5.82 Å². The maximum Gasteiger partial charge on any atom is 0.259 e. The van der Waals surface area contributed by atoms with Gasteiger partial charge in [-0.1, -0.05) is 12.1 Å². The Morgan fingerprint density at radius 3 is 2.76 bits per heavy atom. The minimum Gasteiger partial charge on any atom is -0.303 e. The molecule has 0 atom stereocenters. The summed E-state index contributed by atoms with van der Waals surface area (Å²) in [7, 11) is 0. The lowest BCUT2D eigenvalue weighted by molar-refractivity contribution is 0.0879. The summed E-state index contributed by atoms with van der Waals surface area (Å²) in [5.41, 5.74) is 3.70. The summed E-state index contributed by atoms with van der Waals surface area (Å²) in [4.78, 5) is 26.3. The highest BCUT2D eigenvalue weighted by Gasteiger charge is 2.29. The monoisotopic (exact) mass is 392 g/mol. The van der Waals surface area contributed by atoms with Crippen molar-refractivity contribution in [3.63, 3.8) is 0 Å². The third kappa shape index (κ3) is 3.21. The van der Waals surface area contributed by atoms with Gasteiger partial charge in [-0.25, -0.2) is 4.39 Å². The molecule has 0 bridgehead atoms. The fourth-order valence-electron chi connectivity index (χ4n) is 4.54. The van der Waals surface area contributed by atoms with Gasteiger partial charge in [0, 0.05) is 29.6 Å². The van der Waals surface area contributed by atoms with E-state index in [1.165, 1.54) is 12.1 Å². The number of rotatable bonds is 4. The Balaban J connectivity index is 1.23. The number of carbonyl (C=O) groups is 2. The number of carbonyl (C=O) groups excluding carboxylic acids is 2. The first kappa shape index (κ1) is 18.0.